The van der Waals surface area contributed by atoms with Gasteiger partial charge in [0, 0.05) is 24.8 Å². The summed E-state index contributed by atoms with van der Waals surface area (Å²) in [7, 11) is 0. The van der Waals surface area contributed by atoms with Crippen LogP contribution in [-0.2, 0) is 17.6 Å². The highest BCUT2D eigenvalue weighted by atomic mass is 32.2. The van der Waals surface area contributed by atoms with E-state index >= 15 is 0 Å². The minimum Gasteiger partial charge on any atom is -0.348 e. The lowest BCUT2D eigenvalue weighted by Gasteiger charge is -2.29. The van der Waals surface area contributed by atoms with Crippen molar-refractivity contribution in [2.75, 3.05) is 29.1 Å². The average Bonchev–Trinajstić information content (AvgIpc) is 3.45. The number of anilines is 2. The Morgan fingerprint density at radius 2 is 1.97 bits per heavy atom. The molecule has 1 aliphatic heterocycles. The van der Waals surface area contributed by atoms with Crippen LogP contribution in [0.1, 0.15) is 57.2 Å². The Balaban J connectivity index is 1.34. The van der Waals surface area contributed by atoms with Gasteiger partial charge in [-0.3, -0.25) is 14.2 Å². The van der Waals surface area contributed by atoms with Crippen LogP contribution in [0.4, 0.5) is 10.8 Å². The van der Waals surface area contributed by atoms with Crippen molar-refractivity contribution in [1.29, 1.82) is 0 Å². The third-order valence-corrected chi connectivity index (χ3v) is 8.75. The van der Waals surface area contributed by atoms with Crippen LogP contribution in [0.5, 0.6) is 0 Å². The zero-order chi connectivity index (χ0) is 23.8. The van der Waals surface area contributed by atoms with Crippen LogP contribution in [0.2, 0.25) is 0 Å². The number of thiazole rings is 1. The second-order valence-corrected chi connectivity index (χ2v) is 11.6. The van der Waals surface area contributed by atoms with Crippen LogP contribution in [0.15, 0.2) is 28.2 Å². The van der Waals surface area contributed by atoms with Gasteiger partial charge in [-0.05, 0) is 75.1 Å². The Labute approximate surface area is 208 Å². The van der Waals surface area contributed by atoms with Gasteiger partial charge >= 0.3 is 0 Å². The molecule has 1 N–H and O–H groups in total. The van der Waals surface area contributed by atoms with Gasteiger partial charge < -0.3 is 10.2 Å². The van der Waals surface area contributed by atoms with Crippen molar-refractivity contribution in [3.05, 3.63) is 39.7 Å². The van der Waals surface area contributed by atoms with Crippen LogP contribution >= 0.6 is 23.1 Å². The molecule has 0 radical (unpaired) electrons. The van der Waals surface area contributed by atoms with E-state index in [1.807, 2.05) is 19.9 Å². The van der Waals surface area contributed by atoms with Gasteiger partial charge in [0.05, 0.1) is 5.75 Å². The molecule has 0 bridgehead atoms. The topological polar surface area (TPSA) is 80.1 Å². The molecule has 3 heterocycles. The molecule has 5 rings (SSSR count). The lowest BCUT2D eigenvalue weighted by Crippen LogP contribution is -2.32. The third-order valence-electron chi connectivity index (χ3n) is 6.70. The van der Waals surface area contributed by atoms with Gasteiger partial charge in [-0.15, -0.1) is 0 Å². The second kappa shape index (κ2) is 9.70. The summed E-state index contributed by atoms with van der Waals surface area (Å²) >= 11 is 2.73. The van der Waals surface area contributed by atoms with Gasteiger partial charge in [-0.25, -0.2) is 4.98 Å². The van der Waals surface area contributed by atoms with Crippen molar-refractivity contribution in [3.8, 4) is 0 Å². The summed E-state index contributed by atoms with van der Waals surface area (Å²) in [6.07, 6.45) is 5.65. The molecule has 1 fully saturated rings. The van der Waals surface area contributed by atoms with Crippen LogP contribution in [0.25, 0.3) is 10.3 Å². The minimum absolute atomic E-state index is 0.0620. The quantitative estimate of drug-likeness (QED) is 0.386. The number of fused-ring (bicyclic) bond motifs is 2. The highest BCUT2D eigenvalue weighted by Crippen LogP contribution is 2.31. The first-order valence-electron chi connectivity index (χ1n) is 12.1. The van der Waals surface area contributed by atoms with Gasteiger partial charge in [-0.1, -0.05) is 36.1 Å². The summed E-state index contributed by atoms with van der Waals surface area (Å²) in [5.41, 5.74) is 3.95. The summed E-state index contributed by atoms with van der Waals surface area (Å²) in [5, 5.41) is 4.41. The van der Waals surface area contributed by atoms with Crippen molar-refractivity contribution in [2.45, 2.75) is 64.1 Å². The second-order valence-electron chi connectivity index (χ2n) is 9.66. The fourth-order valence-electron chi connectivity index (χ4n) is 4.73. The smallest absolute Gasteiger partial charge is 0.274 e. The van der Waals surface area contributed by atoms with Gasteiger partial charge in [0.1, 0.15) is 4.70 Å². The van der Waals surface area contributed by atoms with E-state index in [2.05, 4.69) is 29.3 Å². The maximum Gasteiger partial charge on any atom is 0.274 e. The molecule has 0 unspecified atom stereocenters. The summed E-state index contributed by atoms with van der Waals surface area (Å²) in [6.45, 7) is 8.14. The Kier molecular flexibility index (Phi) is 6.66. The highest BCUT2D eigenvalue weighted by Gasteiger charge is 2.23. The molecule has 0 saturated carbocycles. The Morgan fingerprint density at radius 1 is 1.21 bits per heavy atom. The maximum atomic E-state index is 13.3. The standard InChI is InChI=1S/C25H31N5O2S2/c1-15(2)30-23(32)21-22(27-24(34-21)29-11-9-16(3)10-12-29)28-25(30)33-14-20(31)26-19-8-7-17-5-4-6-18(17)13-19/h7-8,13,15-16H,4-6,9-12,14H2,1-3H3,(H,26,31). The molecule has 9 heteroatoms. The number of piperidine rings is 1. The number of rotatable bonds is 6. The normalized spacial score (nSPS) is 16.4. The van der Waals surface area contributed by atoms with E-state index in [-0.39, 0.29) is 23.3 Å². The molecule has 0 atom stereocenters. The summed E-state index contributed by atoms with van der Waals surface area (Å²) in [6, 6.07) is 6.10. The molecule has 180 valence electrons. The first-order valence-corrected chi connectivity index (χ1v) is 13.9. The summed E-state index contributed by atoms with van der Waals surface area (Å²) < 4.78 is 2.28. The maximum absolute atomic E-state index is 13.3. The number of hydrogen-bond donors (Lipinski definition) is 1. The third kappa shape index (κ3) is 4.73. The Morgan fingerprint density at radius 3 is 2.74 bits per heavy atom. The number of carbonyl (C=O) groups excluding carboxylic acids is 1. The number of nitrogens with zero attached hydrogens (tertiary/aromatic N) is 4. The van der Waals surface area contributed by atoms with E-state index in [1.165, 1.54) is 40.6 Å². The molecule has 2 aromatic heterocycles. The highest BCUT2D eigenvalue weighted by molar-refractivity contribution is 7.99. The monoisotopic (exact) mass is 497 g/mol. The average molecular weight is 498 g/mol. The van der Waals surface area contributed by atoms with Crippen molar-refractivity contribution >= 4 is 50.2 Å². The minimum atomic E-state index is -0.103. The van der Waals surface area contributed by atoms with Crippen LogP contribution in [-0.4, -0.2) is 39.3 Å². The molecular formula is C25H31N5O2S2. The first-order chi connectivity index (χ1) is 16.4. The van der Waals surface area contributed by atoms with Crippen molar-refractivity contribution in [3.63, 3.8) is 0 Å². The molecule has 1 aromatic carbocycles. The predicted octanol–water partition coefficient (Wildman–Crippen LogP) is 4.89. The number of amides is 1. The number of benzene rings is 1. The number of nitrogens with one attached hydrogen (secondary N) is 1. The zero-order valence-electron chi connectivity index (χ0n) is 20.0. The van der Waals surface area contributed by atoms with Crippen LogP contribution in [0.3, 0.4) is 0 Å². The van der Waals surface area contributed by atoms with Gasteiger partial charge in [0.2, 0.25) is 5.91 Å². The van der Waals surface area contributed by atoms with E-state index < -0.39 is 0 Å². The number of aryl methyl sites for hydroxylation is 2. The number of thioether (sulfide) groups is 1. The van der Waals surface area contributed by atoms with Crippen molar-refractivity contribution in [1.82, 2.24) is 14.5 Å². The summed E-state index contributed by atoms with van der Waals surface area (Å²) in [5.74, 6) is 0.810. The van der Waals surface area contributed by atoms with Gasteiger partial charge in [0.25, 0.3) is 5.56 Å². The predicted molar refractivity (Wildman–Crippen MR) is 140 cm³/mol. The lowest BCUT2D eigenvalue weighted by atomic mass is 10.00. The lowest BCUT2D eigenvalue weighted by molar-refractivity contribution is -0.113. The molecule has 2 aliphatic rings. The number of carbonyl (C=O) groups is 1. The number of hydrogen-bond acceptors (Lipinski definition) is 7. The van der Waals surface area contributed by atoms with E-state index in [0.717, 1.165) is 55.5 Å². The zero-order valence-corrected chi connectivity index (χ0v) is 21.6. The van der Waals surface area contributed by atoms with Crippen LogP contribution in [0, 0.1) is 5.92 Å². The van der Waals surface area contributed by atoms with Crippen molar-refractivity contribution in [2.24, 2.45) is 5.92 Å². The molecular weight excluding hydrogens is 466 g/mol. The van der Waals surface area contributed by atoms with Crippen molar-refractivity contribution < 1.29 is 4.79 Å². The Hall–Kier alpha value is -2.39. The van der Waals surface area contributed by atoms with E-state index in [1.54, 1.807) is 4.57 Å². The number of aromatic nitrogens is 3. The molecule has 7 nitrogen and oxygen atoms in total. The molecule has 3 aromatic rings. The Bertz CT molecular complexity index is 1270. The fraction of sp³-hybridized carbons (Fsp3) is 0.520. The summed E-state index contributed by atoms with van der Waals surface area (Å²) in [4.78, 5) is 37.7. The first kappa shape index (κ1) is 23.4. The van der Waals surface area contributed by atoms with Gasteiger partial charge in [0.15, 0.2) is 15.9 Å². The van der Waals surface area contributed by atoms with Crippen LogP contribution < -0.4 is 15.8 Å². The molecule has 0 spiro atoms. The fourth-order valence-corrected chi connectivity index (χ4v) is 6.64. The van der Waals surface area contributed by atoms with Gasteiger partial charge in [-0.2, -0.15) is 4.98 Å². The molecule has 1 amide bonds. The SMILES string of the molecule is CC1CCN(c2nc3nc(SCC(=O)Nc4ccc5c(c4)CCC5)n(C(C)C)c(=O)c3s2)CC1. The molecule has 34 heavy (non-hydrogen) atoms. The van der Waals surface area contributed by atoms with E-state index in [0.29, 0.717) is 15.5 Å². The van der Waals surface area contributed by atoms with E-state index in [4.69, 9.17) is 9.97 Å². The molecule has 1 saturated heterocycles. The molecule has 1 aliphatic carbocycles. The largest absolute Gasteiger partial charge is 0.348 e. The van der Waals surface area contributed by atoms with E-state index in [9.17, 15) is 9.59 Å².